The van der Waals surface area contributed by atoms with Crippen LogP contribution in [0.5, 0.6) is 0 Å². The van der Waals surface area contributed by atoms with Crippen molar-refractivity contribution in [3.63, 3.8) is 0 Å². The van der Waals surface area contributed by atoms with Gasteiger partial charge in [-0.2, -0.15) is 0 Å². The molecule has 0 amide bonds. The summed E-state index contributed by atoms with van der Waals surface area (Å²) in [5.41, 5.74) is 2.70. The van der Waals surface area contributed by atoms with E-state index in [9.17, 15) is 0 Å². The molecule has 19 heavy (non-hydrogen) atoms. The number of benzene rings is 1. The summed E-state index contributed by atoms with van der Waals surface area (Å²) in [5.74, 6) is 0. The molecule has 0 spiro atoms. The van der Waals surface area contributed by atoms with Gasteiger partial charge in [-0.25, -0.2) is 0 Å². The molecule has 0 bridgehead atoms. The molecular weight excluding hydrogens is 324 g/mol. The van der Waals surface area contributed by atoms with Gasteiger partial charge in [-0.05, 0) is 63.5 Å². The molecule has 1 heterocycles. The van der Waals surface area contributed by atoms with Crippen LogP contribution in [0.4, 0.5) is 0 Å². The molecule has 1 fully saturated rings. The maximum Gasteiger partial charge on any atom is 0.0244 e. The Labute approximate surface area is 131 Å². The van der Waals surface area contributed by atoms with E-state index >= 15 is 0 Å². The summed E-state index contributed by atoms with van der Waals surface area (Å²) in [5, 5.41) is 3.48. The van der Waals surface area contributed by atoms with Crippen molar-refractivity contribution in [3.8, 4) is 0 Å². The molecule has 2 nitrogen and oxygen atoms in total. The Balaban J connectivity index is 0.00000180. The Morgan fingerprint density at radius 2 is 2.11 bits per heavy atom. The van der Waals surface area contributed by atoms with E-state index < -0.39 is 0 Å². The Morgan fingerprint density at radius 3 is 2.84 bits per heavy atom. The van der Waals surface area contributed by atoms with Gasteiger partial charge in [0.2, 0.25) is 0 Å². The minimum atomic E-state index is 0. The standard InChI is InChI=1S/C15H23BrN2.ClH/c1-12-5-6-13(15(16)10-12)11-18(2)14-4-3-8-17-9-7-14;/h5-6,10,14,17H,3-4,7-9,11H2,1-2H3;1H. The van der Waals surface area contributed by atoms with Gasteiger partial charge in [0, 0.05) is 17.1 Å². The third-order valence-electron chi connectivity index (χ3n) is 3.80. The molecule has 1 atom stereocenters. The molecule has 1 aliphatic rings. The van der Waals surface area contributed by atoms with Crippen molar-refractivity contribution in [1.29, 1.82) is 0 Å². The van der Waals surface area contributed by atoms with Gasteiger partial charge in [0.15, 0.2) is 0 Å². The molecule has 1 saturated heterocycles. The first-order valence-electron chi connectivity index (χ1n) is 6.83. The highest BCUT2D eigenvalue weighted by molar-refractivity contribution is 9.10. The van der Waals surface area contributed by atoms with Crippen LogP contribution in [-0.2, 0) is 6.54 Å². The Kier molecular flexibility index (Phi) is 7.37. The fourth-order valence-electron chi connectivity index (χ4n) is 2.62. The fourth-order valence-corrected chi connectivity index (χ4v) is 3.24. The normalized spacial score (nSPS) is 19.9. The van der Waals surface area contributed by atoms with E-state index in [0.717, 1.165) is 13.1 Å². The Morgan fingerprint density at radius 1 is 1.32 bits per heavy atom. The molecule has 1 aliphatic heterocycles. The lowest BCUT2D eigenvalue weighted by molar-refractivity contribution is 0.216. The molecule has 1 aromatic carbocycles. The van der Waals surface area contributed by atoms with Crippen molar-refractivity contribution in [1.82, 2.24) is 10.2 Å². The average Bonchev–Trinajstić information content (AvgIpc) is 2.61. The van der Waals surface area contributed by atoms with Crippen molar-refractivity contribution < 1.29 is 0 Å². The summed E-state index contributed by atoms with van der Waals surface area (Å²) >= 11 is 3.68. The number of rotatable bonds is 3. The molecule has 4 heteroatoms. The topological polar surface area (TPSA) is 15.3 Å². The second-order valence-corrected chi connectivity index (χ2v) is 6.20. The van der Waals surface area contributed by atoms with Gasteiger partial charge in [0.25, 0.3) is 0 Å². The second-order valence-electron chi connectivity index (χ2n) is 5.34. The number of hydrogen-bond acceptors (Lipinski definition) is 2. The molecule has 1 N–H and O–H groups in total. The molecule has 0 saturated carbocycles. The summed E-state index contributed by atoms with van der Waals surface area (Å²) in [4.78, 5) is 2.50. The van der Waals surface area contributed by atoms with Crippen molar-refractivity contribution in [2.45, 2.75) is 38.8 Å². The number of aryl methyl sites for hydroxylation is 1. The Bertz CT molecular complexity index is 390. The summed E-state index contributed by atoms with van der Waals surface area (Å²) in [6, 6.07) is 7.36. The predicted octanol–water partition coefficient (Wildman–Crippen LogP) is 3.75. The Hall–Kier alpha value is -0.0900. The molecule has 0 radical (unpaired) electrons. The molecule has 2 rings (SSSR count). The average molecular weight is 348 g/mol. The van der Waals surface area contributed by atoms with Gasteiger partial charge in [-0.1, -0.05) is 28.1 Å². The van der Waals surface area contributed by atoms with Gasteiger partial charge < -0.3 is 5.32 Å². The number of hydrogen-bond donors (Lipinski definition) is 1. The van der Waals surface area contributed by atoms with E-state index in [-0.39, 0.29) is 12.4 Å². The summed E-state index contributed by atoms with van der Waals surface area (Å²) in [7, 11) is 2.25. The lowest BCUT2D eigenvalue weighted by atomic mass is 10.1. The monoisotopic (exact) mass is 346 g/mol. The smallest absolute Gasteiger partial charge is 0.0244 e. The van der Waals surface area contributed by atoms with E-state index in [1.165, 1.54) is 41.4 Å². The first-order chi connectivity index (χ1) is 8.66. The van der Waals surface area contributed by atoms with Crippen LogP contribution >= 0.6 is 28.3 Å². The molecular formula is C15H24BrClN2. The van der Waals surface area contributed by atoms with Crippen LogP contribution in [0.1, 0.15) is 30.4 Å². The quantitative estimate of drug-likeness (QED) is 0.896. The molecule has 1 unspecified atom stereocenters. The van der Waals surface area contributed by atoms with Crippen LogP contribution in [-0.4, -0.2) is 31.1 Å². The zero-order valence-electron chi connectivity index (χ0n) is 11.8. The summed E-state index contributed by atoms with van der Waals surface area (Å²) in [6.07, 6.45) is 3.87. The first kappa shape index (κ1) is 17.0. The first-order valence-corrected chi connectivity index (χ1v) is 7.62. The number of nitrogens with zero attached hydrogens (tertiary/aromatic N) is 1. The number of nitrogens with one attached hydrogen (secondary N) is 1. The van der Waals surface area contributed by atoms with E-state index in [1.54, 1.807) is 0 Å². The van der Waals surface area contributed by atoms with Crippen molar-refractivity contribution >= 4 is 28.3 Å². The van der Waals surface area contributed by atoms with E-state index in [2.05, 4.69) is 58.3 Å². The van der Waals surface area contributed by atoms with Gasteiger partial charge >= 0.3 is 0 Å². The predicted molar refractivity (Wildman–Crippen MR) is 88.1 cm³/mol. The van der Waals surface area contributed by atoms with Crippen LogP contribution in [0.2, 0.25) is 0 Å². The van der Waals surface area contributed by atoms with Crippen LogP contribution in [0.25, 0.3) is 0 Å². The molecule has 0 aromatic heterocycles. The number of halogens is 2. The van der Waals surface area contributed by atoms with Gasteiger partial charge in [0.05, 0.1) is 0 Å². The second kappa shape index (κ2) is 8.25. The SMILES string of the molecule is Cc1ccc(CN(C)C2CCCNCC2)c(Br)c1.Cl. The molecule has 0 aliphatic carbocycles. The zero-order valence-corrected chi connectivity index (χ0v) is 14.2. The van der Waals surface area contributed by atoms with Crippen molar-refractivity contribution in [2.24, 2.45) is 0 Å². The highest BCUT2D eigenvalue weighted by Gasteiger charge is 2.17. The van der Waals surface area contributed by atoms with E-state index in [4.69, 9.17) is 0 Å². The van der Waals surface area contributed by atoms with Gasteiger partial charge in [0.1, 0.15) is 0 Å². The van der Waals surface area contributed by atoms with Crippen molar-refractivity contribution in [3.05, 3.63) is 33.8 Å². The van der Waals surface area contributed by atoms with Crippen LogP contribution in [0.15, 0.2) is 22.7 Å². The lowest BCUT2D eigenvalue weighted by Gasteiger charge is -2.27. The summed E-state index contributed by atoms with van der Waals surface area (Å²) < 4.78 is 1.24. The van der Waals surface area contributed by atoms with E-state index in [1.807, 2.05) is 0 Å². The fraction of sp³-hybridized carbons (Fsp3) is 0.600. The maximum atomic E-state index is 3.68. The highest BCUT2D eigenvalue weighted by Crippen LogP contribution is 2.22. The van der Waals surface area contributed by atoms with Crippen LogP contribution in [0.3, 0.4) is 0 Å². The van der Waals surface area contributed by atoms with Crippen LogP contribution < -0.4 is 5.32 Å². The minimum Gasteiger partial charge on any atom is -0.317 e. The summed E-state index contributed by atoms with van der Waals surface area (Å²) in [6.45, 7) is 5.50. The largest absolute Gasteiger partial charge is 0.317 e. The van der Waals surface area contributed by atoms with Gasteiger partial charge in [-0.3, -0.25) is 4.90 Å². The lowest BCUT2D eigenvalue weighted by Crippen LogP contribution is -2.32. The third kappa shape index (κ3) is 5.07. The molecule has 108 valence electrons. The molecule has 1 aromatic rings. The van der Waals surface area contributed by atoms with Crippen LogP contribution in [0, 0.1) is 6.92 Å². The van der Waals surface area contributed by atoms with Gasteiger partial charge in [-0.15, -0.1) is 12.4 Å². The van der Waals surface area contributed by atoms with E-state index in [0.29, 0.717) is 6.04 Å². The zero-order chi connectivity index (χ0) is 13.0. The maximum absolute atomic E-state index is 3.68. The minimum absolute atomic E-state index is 0. The third-order valence-corrected chi connectivity index (χ3v) is 4.54. The highest BCUT2D eigenvalue weighted by atomic mass is 79.9. The van der Waals surface area contributed by atoms with Crippen molar-refractivity contribution in [2.75, 3.05) is 20.1 Å².